The third-order valence-electron chi connectivity index (χ3n) is 4.34. The molecule has 3 nitrogen and oxygen atoms in total. The van der Waals surface area contributed by atoms with Crippen molar-refractivity contribution in [3.05, 3.63) is 29.8 Å². The molecular formula is C17H23NO2. The second kappa shape index (κ2) is 6.28. The number of rotatable bonds is 4. The number of nitrogens with zero attached hydrogens (tertiary/aromatic N) is 1. The average Bonchev–Trinajstić information content (AvgIpc) is 2.47. The Morgan fingerprint density at radius 3 is 2.85 bits per heavy atom. The Morgan fingerprint density at radius 2 is 2.20 bits per heavy atom. The highest BCUT2D eigenvalue weighted by Crippen LogP contribution is 2.44. The maximum absolute atomic E-state index is 9.30. The van der Waals surface area contributed by atoms with E-state index in [2.05, 4.69) is 26.0 Å². The molecule has 1 aliphatic heterocycles. The van der Waals surface area contributed by atoms with Gasteiger partial charge in [-0.3, -0.25) is 0 Å². The van der Waals surface area contributed by atoms with Gasteiger partial charge in [0.05, 0.1) is 19.3 Å². The largest absolute Gasteiger partial charge is 0.496 e. The van der Waals surface area contributed by atoms with Gasteiger partial charge in [-0.25, -0.2) is 0 Å². The van der Waals surface area contributed by atoms with Crippen molar-refractivity contribution < 1.29 is 9.47 Å². The SMILES string of the molecule is COc1ccccc1[C@]1(CC#N)CCO[C@@H](C(C)C)C1. The smallest absolute Gasteiger partial charge is 0.122 e. The lowest BCUT2D eigenvalue weighted by molar-refractivity contribution is -0.0445. The Morgan fingerprint density at radius 1 is 1.45 bits per heavy atom. The molecule has 0 bridgehead atoms. The average molecular weight is 273 g/mol. The van der Waals surface area contributed by atoms with Crippen LogP contribution in [-0.2, 0) is 10.2 Å². The zero-order valence-corrected chi connectivity index (χ0v) is 12.6. The predicted molar refractivity (Wildman–Crippen MR) is 78.7 cm³/mol. The number of para-hydroxylation sites is 1. The molecule has 1 aromatic carbocycles. The van der Waals surface area contributed by atoms with Crippen molar-refractivity contribution in [1.82, 2.24) is 0 Å². The van der Waals surface area contributed by atoms with Crippen LogP contribution in [0.2, 0.25) is 0 Å². The Labute approximate surface area is 121 Å². The quantitative estimate of drug-likeness (QED) is 0.840. The van der Waals surface area contributed by atoms with Gasteiger partial charge in [0.25, 0.3) is 0 Å². The van der Waals surface area contributed by atoms with Crippen LogP contribution in [0.1, 0.15) is 38.7 Å². The van der Waals surface area contributed by atoms with E-state index in [4.69, 9.17) is 9.47 Å². The van der Waals surface area contributed by atoms with Gasteiger partial charge in [0.15, 0.2) is 0 Å². The normalized spacial score (nSPS) is 26.2. The summed E-state index contributed by atoms with van der Waals surface area (Å²) in [5.74, 6) is 1.34. The highest BCUT2D eigenvalue weighted by atomic mass is 16.5. The van der Waals surface area contributed by atoms with Crippen molar-refractivity contribution in [3.8, 4) is 11.8 Å². The molecule has 108 valence electrons. The molecule has 0 N–H and O–H groups in total. The number of benzene rings is 1. The predicted octanol–water partition coefficient (Wildman–Crippen LogP) is 3.68. The first kappa shape index (κ1) is 14.9. The number of methoxy groups -OCH3 is 1. The molecule has 0 saturated carbocycles. The number of hydrogen-bond donors (Lipinski definition) is 0. The van der Waals surface area contributed by atoms with Crippen molar-refractivity contribution in [1.29, 1.82) is 5.26 Å². The summed E-state index contributed by atoms with van der Waals surface area (Å²) in [4.78, 5) is 0. The molecule has 0 aromatic heterocycles. The molecule has 0 aliphatic carbocycles. The lowest BCUT2D eigenvalue weighted by atomic mass is 9.68. The van der Waals surface area contributed by atoms with Crippen LogP contribution in [0.3, 0.4) is 0 Å². The fourth-order valence-electron chi connectivity index (χ4n) is 3.11. The first-order valence-corrected chi connectivity index (χ1v) is 7.25. The van der Waals surface area contributed by atoms with Gasteiger partial charge in [-0.2, -0.15) is 5.26 Å². The fourth-order valence-corrected chi connectivity index (χ4v) is 3.11. The van der Waals surface area contributed by atoms with Gasteiger partial charge >= 0.3 is 0 Å². The Balaban J connectivity index is 2.41. The van der Waals surface area contributed by atoms with E-state index in [0.717, 1.165) is 24.2 Å². The van der Waals surface area contributed by atoms with E-state index in [-0.39, 0.29) is 11.5 Å². The maximum atomic E-state index is 9.30. The Hall–Kier alpha value is -1.53. The third kappa shape index (κ3) is 2.81. The number of nitriles is 1. The zero-order chi connectivity index (χ0) is 14.6. The van der Waals surface area contributed by atoms with Crippen molar-refractivity contribution in [2.75, 3.05) is 13.7 Å². The summed E-state index contributed by atoms with van der Waals surface area (Å²) in [5, 5.41) is 9.30. The molecule has 2 rings (SSSR count). The minimum absolute atomic E-state index is 0.144. The van der Waals surface area contributed by atoms with E-state index in [9.17, 15) is 5.26 Å². The molecule has 1 aromatic rings. The second-order valence-electron chi connectivity index (χ2n) is 5.92. The highest BCUT2D eigenvalue weighted by Gasteiger charge is 2.41. The van der Waals surface area contributed by atoms with Crippen molar-refractivity contribution in [2.45, 2.75) is 44.6 Å². The Bertz CT molecular complexity index is 492. The van der Waals surface area contributed by atoms with E-state index < -0.39 is 0 Å². The number of hydrogen-bond acceptors (Lipinski definition) is 3. The molecule has 0 spiro atoms. The molecular weight excluding hydrogens is 250 g/mol. The molecule has 0 radical (unpaired) electrons. The summed E-state index contributed by atoms with van der Waals surface area (Å²) in [5.41, 5.74) is 1.01. The van der Waals surface area contributed by atoms with Gasteiger partial charge in [-0.05, 0) is 24.8 Å². The minimum Gasteiger partial charge on any atom is -0.496 e. The lowest BCUT2D eigenvalue weighted by Gasteiger charge is -2.42. The standard InChI is InChI=1S/C17H23NO2/c1-13(2)16-12-17(8-10-18,9-11-20-16)14-6-4-5-7-15(14)19-3/h4-7,13,16H,8-9,11-12H2,1-3H3/t16-,17-/m1/s1. The summed E-state index contributed by atoms with van der Waals surface area (Å²) in [6.45, 7) is 5.06. The van der Waals surface area contributed by atoms with Crippen molar-refractivity contribution in [2.24, 2.45) is 5.92 Å². The second-order valence-corrected chi connectivity index (χ2v) is 5.92. The molecule has 0 amide bonds. The summed E-state index contributed by atoms with van der Waals surface area (Å²) in [6.07, 6.45) is 2.49. The third-order valence-corrected chi connectivity index (χ3v) is 4.34. The van der Waals surface area contributed by atoms with Crippen LogP contribution >= 0.6 is 0 Å². The van der Waals surface area contributed by atoms with Gasteiger partial charge in [-0.15, -0.1) is 0 Å². The van der Waals surface area contributed by atoms with Gasteiger partial charge in [0, 0.05) is 24.0 Å². The van der Waals surface area contributed by atoms with Crippen molar-refractivity contribution in [3.63, 3.8) is 0 Å². The topological polar surface area (TPSA) is 42.2 Å². The van der Waals surface area contributed by atoms with Crippen LogP contribution in [-0.4, -0.2) is 19.8 Å². The number of ether oxygens (including phenoxy) is 2. The molecule has 1 heterocycles. The molecule has 0 unspecified atom stereocenters. The first-order chi connectivity index (χ1) is 9.63. The molecule has 2 atom stereocenters. The van der Waals surface area contributed by atoms with Crippen LogP contribution in [0.5, 0.6) is 5.75 Å². The zero-order valence-electron chi connectivity index (χ0n) is 12.6. The Kier molecular flexibility index (Phi) is 4.67. The summed E-state index contributed by atoms with van der Waals surface area (Å²) in [6, 6.07) is 10.5. The van der Waals surface area contributed by atoms with Crippen molar-refractivity contribution >= 4 is 0 Å². The first-order valence-electron chi connectivity index (χ1n) is 7.25. The fraction of sp³-hybridized carbons (Fsp3) is 0.588. The van der Waals surface area contributed by atoms with Crippen LogP contribution in [0.25, 0.3) is 0 Å². The summed E-state index contributed by atoms with van der Waals surface area (Å²) >= 11 is 0. The minimum atomic E-state index is -0.144. The van der Waals surface area contributed by atoms with Crippen LogP contribution in [0.15, 0.2) is 24.3 Å². The summed E-state index contributed by atoms with van der Waals surface area (Å²) < 4.78 is 11.4. The van der Waals surface area contributed by atoms with E-state index in [1.165, 1.54) is 0 Å². The molecule has 1 aliphatic rings. The van der Waals surface area contributed by atoms with E-state index in [1.54, 1.807) is 7.11 Å². The van der Waals surface area contributed by atoms with Gasteiger partial charge in [0.1, 0.15) is 5.75 Å². The molecule has 20 heavy (non-hydrogen) atoms. The van der Waals surface area contributed by atoms with E-state index in [0.29, 0.717) is 18.9 Å². The lowest BCUT2D eigenvalue weighted by Crippen LogP contribution is -2.41. The maximum Gasteiger partial charge on any atom is 0.122 e. The van der Waals surface area contributed by atoms with Crippen LogP contribution in [0, 0.1) is 17.2 Å². The van der Waals surface area contributed by atoms with Crippen LogP contribution in [0.4, 0.5) is 0 Å². The summed E-state index contributed by atoms with van der Waals surface area (Å²) in [7, 11) is 1.69. The van der Waals surface area contributed by atoms with Crippen LogP contribution < -0.4 is 4.74 Å². The molecule has 3 heteroatoms. The highest BCUT2D eigenvalue weighted by molar-refractivity contribution is 5.41. The van der Waals surface area contributed by atoms with E-state index in [1.807, 2.05) is 18.2 Å². The van der Waals surface area contributed by atoms with Gasteiger partial charge in [0.2, 0.25) is 0 Å². The van der Waals surface area contributed by atoms with E-state index >= 15 is 0 Å². The molecule has 1 fully saturated rings. The van der Waals surface area contributed by atoms with Gasteiger partial charge in [-0.1, -0.05) is 32.0 Å². The monoisotopic (exact) mass is 273 g/mol. The van der Waals surface area contributed by atoms with Gasteiger partial charge < -0.3 is 9.47 Å². The molecule has 1 saturated heterocycles.